The van der Waals surface area contributed by atoms with Crippen molar-refractivity contribution < 1.29 is 23.8 Å². The molecule has 1 N–H and O–H groups in total. The summed E-state index contributed by atoms with van der Waals surface area (Å²) in [7, 11) is 1.78. The average molecular weight is 494 g/mol. The minimum absolute atomic E-state index is 0.0762. The van der Waals surface area contributed by atoms with E-state index in [1.807, 2.05) is 6.92 Å². The molecule has 36 heavy (non-hydrogen) atoms. The molecule has 2 aromatic rings. The molecule has 0 spiro atoms. The van der Waals surface area contributed by atoms with Crippen molar-refractivity contribution >= 4 is 11.8 Å². The molecule has 1 aromatic heterocycles. The van der Waals surface area contributed by atoms with Gasteiger partial charge in [-0.3, -0.25) is 9.59 Å². The van der Waals surface area contributed by atoms with E-state index in [9.17, 15) is 19.1 Å². The first-order valence-corrected chi connectivity index (χ1v) is 12.4. The maximum Gasteiger partial charge on any atom is 0.259 e. The fourth-order valence-electron chi connectivity index (χ4n) is 4.42. The van der Waals surface area contributed by atoms with Crippen LogP contribution in [0.4, 0.5) is 4.39 Å². The van der Waals surface area contributed by atoms with Gasteiger partial charge < -0.3 is 19.6 Å². The average Bonchev–Trinajstić information content (AvgIpc) is 2.84. The topological polar surface area (TPSA) is 83.0 Å². The molecule has 7 nitrogen and oxygen atoms in total. The highest BCUT2D eigenvalue weighted by Gasteiger charge is 2.36. The molecule has 1 aliphatic heterocycles. The van der Waals surface area contributed by atoms with E-state index in [-0.39, 0.29) is 47.3 Å². The Morgan fingerprint density at radius 2 is 2.08 bits per heavy atom. The van der Waals surface area contributed by atoms with E-state index in [2.05, 4.69) is 16.8 Å². The van der Waals surface area contributed by atoms with Crippen LogP contribution in [0.3, 0.4) is 0 Å². The Kier molecular flexibility index (Phi) is 7.90. The fraction of sp³-hybridized carbons (Fsp3) is 0.464. The first kappa shape index (κ1) is 25.6. The molecule has 0 radical (unpaired) electrons. The highest BCUT2D eigenvalue weighted by Crippen LogP contribution is 2.30. The molecule has 4 rings (SSSR count). The van der Waals surface area contributed by atoms with Crippen LogP contribution in [0.2, 0.25) is 0 Å². The molecule has 2 heterocycles. The van der Waals surface area contributed by atoms with Gasteiger partial charge in [0.25, 0.3) is 5.91 Å². The summed E-state index contributed by atoms with van der Waals surface area (Å²) in [6.45, 7) is 4.27. The molecular formula is C28H32FN3O4. The summed E-state index contributed by atoms with van der Waals surface area (Å²) in [6, 6.07) is 7.37. The molecule has 0 unspecified atom stereocenters. The van der Waals surface area contributed by atoms with Gasteiger partial charge >= 0.3 is 0 Å². The first-order chi connectivity index (χ1) is 17.3. The number of aliphatic hydroxyl groups excluding tert-OH is 1. The van der Waals surface area contributed by atoms with E-state index < -0.39 is 18.0 Å². The van der Waals surface area contributed by atoms with Gasteiger partial charge in [0.05, 0.1) is 24.8 Å². The molecule has 1 fully saturated rings. The molecule has 3 atom stereocenters. The standard InChI is InChI=1S/C28H32FN3O4/c1-18-15-32(19(2)17-33)28(35)23-13-20(11-12-21-7-4-5-10-24(21)29)14-30-26(23)36-25(18)16-31(3)27(34)22-8-6-9-22/h4-5,7,10,13-14,18-19,22,25,33H,6,8-9,15-17H2,1-3H3/t18-,19-,25+/m0/s1. The molecule has 1 aromatic carbocycles. The zero-order chi connectivity index (χ0) is 25.8. The highest BCUT2D eigenvalue weighted by molar-refractivity contribution is 5.97. The molecule has 0 bridgehead atoms. The summed E-state index contributed by atoms with van der Waals surface area (Å²) in [4.78, 5) is 34.0. The number of hydrogen-bond donors (Lipinski definition) is 1. The Balaban J connectivity index is 1.65. The number of carbonyl (C=O) groups excluding carboxylic acids is 2. The number of rotatable bonds is 5. The Labute approximate surface area is 211 Å². The second kappa shape index (κ2) is 11.1. The van der Waals surface area contributed by atoms with Gasteiger partial charge in [0, 0.05) is 37.2 Å². The van der Waals surface area contributed by atoms with Crippen molar-refractivity contribution in [3.05, 3.63) is 59.0 Å². The van der Waals surface area contributed by atoms with Gasteiger partial charge in [-0.1, -0.05) is 37.3 Å². The summed E-state index contributed by atoms with van der Waals surface area (Å²) in [5.41, 5.74) is 0.906. The van der Waals surface area contributed by atoms with Crippen molar-refractivity contribution in [3.8, 4) is 17.7 Å². The number of amides is 2. The summed E-state index contributed by atoms with van der Waals surface area (Å²) < 4.78 is 20.2. The van der Waals surface area contributed by atoms with Crippen molar-refractivity contribution in [3.63, 3.8) is 0 Å². The maximum atomic E-state index is 14.0. The van der Waals surface area contributed by atoms with Gasteiger partial charge in [-0.15, -0.1) is 0 Å². The second-order valence-electron chi connectivity index (χ2n) is 9.78. The number of halogens is 1. The van der Waals surface area contributed by atoms with E-state index in [1.54, 1.807) is 48.0 Å². The molecule has 2 aliphatic rings. The number of hydrogen-bond acceptors (Lipinski definition) is 5. The summed E-state index contributed by atoms with van der Waals surface area (Å²) in [5.74, 6) is 5.15. The van der Waals surface area contributed by atoms with Crippen LogP contribution in [-0.4, -0.2) is 70.6 Å². The van der Waals surface area contributed by atoms with Crippen molar-refractivity contribution in [2.24, 2.45) is 11.8 Å². The monoisotopic (exact) mass is 493 g/mol. The summed E-state index contributed by atoms with van der Waals surface area (Å²) in [5, 5.41) is 9.82. The smallest absolute Gasteiger partial charge is 0.259 e. The third-order valence-electron chi connectivity index (χ3n) is 7.02. The molecule has 1 aliphatic carbocycles. The van der Waals surface area contributed by atoms with Gasteiger partial charge in [0.15, 0.2) is 0 Å². The Bertz CT molecular complexity index is 1190. The van der Waals surface area contributed by atoms with Crippen LogP contribution in [0.5, 0.6) is 5.88 Å². The predicted octanol–water partition coefficient (Wildman–Crippen LogP) is 3.10. The number of benzene rings is 1. The number of aliphatic hydroxyl groups is 1. The Hall–Kier alpha value is -3.44. The number of ether oxygens (including phenoxy) is 1. The lowest BCUT2D eigenvalue weighted by Gasteiger charge is -2.38. The highest BCUT2D eigenvalue weighted by atomic mass is 19.1. The van der Waals surface area contributed by atoms with Crippen LogP contribution in [0.25, 0.3) is 0 Å². The summed E-state index contributed by atoms with van der Waals surface area (Å²) in [6.07, 6.45) is 4.01. The molecule has 8 heteroatoms. The number of pyridine rings is 1. The van der Waals surface area contributed by atoms with E-state index in [0.717, 1.165) is 19.3 Å². The lowest BCUT2D eigenvalue weighted by atomic mass is 9.84. The van der Waals surface area contributed by atoms with Gasteiger partial charge in [-0.05, 0) is 38.0 Å². The number of fused-ring (bicyclic) bond motifs is 1. The van der Waals surface area contributed by atoms with Gasteiger partial charge in [0.2, 0.25) is 11.8 Å². The van der Waals surface area contributed by atoms with Crippen molar-refractivity contribution in [1.82, 2.24) is 14.8 Å². The van der Waals surface area contributed by atoms with E-state index >= 15 is 0 Å². The van der Waals surface area contributed by atoms with Crippen LogP contribution in [0, 0.1) is 29.5 Å². The van der Waals surface area contributed by atoms with Crippen molar-refractivity contribution in [2.75, 3.05) is 26.7 Å². The fourth-order valence-corrected chi connectivity index (χ4v) is 4.42. The largest absolute Gasteiger partial charge is 0.472 e. The minimum atomic E-state index is -0.427. The van der Waals surface area contributed by atoms with Gasteiger partial charge in [-0.2, -0.15) is 0 Å². The van der Waals surface area contributed by atoms with Crippen LogP contribution in [-0.2, 0) is 4.79 Å². The third kappa shape index (κ3) is 5.52. The molecule has 2 amide bonds. The zero-order valence-electron chi connectivity index (χ0n) is 20.9. The third-order valence-corrected chi connectivity index (χ3v) is 7.02. The number of nitrogens with zero attached hydrogens (tertiary/aromatic N) is 3. The van der Waals surface area contributed by atoms with Gasteiger partial charge in [0.1, 0.15) is 17.5 Å². The molecular weight excluding hydrogens is 461 g/mol. The Morgan fingerprint density at radius 3 is 2.75 bits per heavy atom. The van der Waals surface area contributed by atoms with Crippen molar-refractivity contribution in [1.29, 1.82) is 0 Å². The molecule has 190 valence electrons. The van der Waals surface area contributed by atoms with Crippen LogP contribution >= 0.6 is 0 Å². The van der Waals surface area contributed by atoms with Crippen molar-refractivity contribution in [2.45, 2.75) is 45.3 Å². The second-order valence-corrected chi connectivity index (χ2v) is 9.78. The Morgan fingerprint density at radius 1 is 1.33 bits per heavy atom. The lowest BCUT2D eigenvalue weighted by Crippen LogP contribution is -2.51. The van der Waals surface area contributed by atoms with E-state index in [4.69, 9.17) is 4.74 Å². The zero-order valence-corrected chi connectivity index (χ0v) is 20.9. The number of aromatic nitrogens is 1. The SMILES string of the molecule is C[C@H]1CN([C@@H](C)CO)C(=O)c2cc(C#Cc3ccccc3F)cnc2O[C@@H]1CN(C)C(=O)C1CCC1. The van der Waals surface area contributed by atoms with Crippen LogP contribution in [0.1, 0.15) is 54.6 Å². The predicted molar refractivity (Wildman–Crippen MR) is 133 cm³/mol. The first-order valence-electron chi connectivity index (χ1n) is 12.4. The van der Waals surface area contributed by atoms with Gasteiger partial charge in [-0.25, -0.2) is 9.37 Å². The minimum Gasteiger partial charge on any atom is -0.472 e. The van der Waals surface area contributed by atoms with Crippen LogP contribution < -0.4 is 4.74 Å². The van der Waals surface area contributed by atoms with E-state index in [0.29, 0.717) is 18.7 Å². The number of carbonyl (C=O) groups is 2. The molecule has 0 saturated heterocycles. The maximum absolute atomic E-state index is 14.0. The van der Waals surface area contributed by atoms with Crippen LogP contribution in [0.15, 0.2) is 36.5 Å². The summed E-state index contributed by atoms with van der Waals surface area (Å²) >= 11 is 0. The van der Waals surface area contributed by atoms with E-state index in [1.165, 1.54) is 12.3 Å². The quantitative estimate of drug-likeness (QED) is 0.648. The molecule has 1 saturated carbocycles. The lowest BCUT2D eigenvalue weighted by molar-refractivity contribution is -0.138. The number of likely N-dealkylation sites (N-methyl/N-ethyl adjacent to an activating group) is 1. The normalized spacial score (nSPS) is 20.6.